The monoisotopic (exact) mass is 259 g/mol. The molecule has 2 N–H and O–H groups in total. The number of hydrogen-bond acceptors (Lipinski definition) is 2. The normalized spacial score (nSPS) is 26.7. The van der Waals surface area contributed by atoms with Gasteiger partial charge in [0.15, 0.2) is 0 Å². The number of amides is 2. The van der Waals surface area contributed by atoms with Gasteiger partial charge in [0.05, 0.1) is 0 Å². The van der Waals surface area contributed by atoms with E-state index in [-0.39, 0.29) is 6.03 Å². The van der Waals surface area contributed by atoms with Gasteiger partial charge in [-0.2, -0.15) is 0 Å². The summed E-state index contributed by atoms with van der Waals surface area (Å²) in [5, 5.41) is 6.35. The topological polar surface area (TPSA) is 44.4 Å². The van der Waals surface area contributed by atoms with Crippen molar-refractivity contribution in [3.8, 4) is 0 Å². The van der Waals surface area contributed by atoms with E-state index in [4.69, 9.17) is 0 Å². The van der Waals surface area contributed by atoms with Crippen LogP contribution in [0.1, 0.15) is 30.5 Å². The summed E-state index contributed by atoms with van der Waals surface area (Å²) in [5.41, 5.74) is 3.49. The van der Waals surface area contributed by atoms with E-state index in [0.29, 0.717) is 12.6 Å². The molecule has 3 atom stereocenters. The molecule has 0 aromatic heterocycles. The lowest BCUT2D eigenvalue weighted by Crippen LogP contribution is -2.35. The molecule has 4 heteroatoms. The van der Waals surface area contributed by atoms with E-state index in [0.717, 1.165) is 17.5 Å². The number of carbonyl (C=O) groups is 1. The van der Waals surface area contributed by atoms with Crippen LogP contribution < -0.4 is 10.6 Å². The first kappa shape index (κ1) is 12.5. The van der Waals surface area contributed by atoms with Crippen LogP contribution in [0, 0.1) is 11.8 Å². The van der Waals surface area contributed by atoms with Gasteiger partial charge in [0.1, 0.15) is 0 Å². The molecule has 1 aromatic rings. The van der Waals surface area contributed by atoms with Crippen LogP contribution in [0.4, 0.5) is 10.5 Å². The van der Waals surface area contributed by atoms with Gasteiger partial charge in [0, 0.05) is 25.3 Å². The highest BCUT2D eigenvalue weighted by Crippen LogP contribution is 2.47. The van der Waals surface area contributed by atoms with Crippen molar-refractivity contribution in [1.82, 2.24) is 10.2 Å². The van der Waals surface area contributed by atoms with Crippen molar-refractivity contribution < 1.29 is 4.79 Å². The number of nitrogens with one attached hydrogen (secondary N) is 2. The lowest BCUT2D eigenvalue weighted by Gasteiger charge is -2.27. The van der Waals surface area contributed by atoms with E-state index in [1.165, 1.54) is 17.5 Å². The standard InChI is InChI=1S/C15H21N3O/c1-9-6-12(9)14(16-2)10-4-5-13-11(7-10)8-18(3)15(19)17-13/h4-5,7,9,12,14,16H,6,8H2,1-3H3,(H,17,19). The van der Waals surface area contributed by atoms with E-state index in [2.05, 4.69) is 29.7 Å². The second kappa shape index (κ2) is 4.53. The molecule has 2 amide bonds. The Morgan fingerprint density at radius 2 is 2.21 bits per heavy atom. The van der Waals surface area contributed by atoms with Crippen molar-refractivity contribution in [2.24, 2.45) is 11.8 Å². The Balaban J connectivity index is 1.88. The summed E-state index contributed by atoms with van der Waals surface area (Å²) in [7, 11) is 3.85. The molecule has 1 aromatic carbocycles. The third-order valence-electron chi connectivity index (χ3n) is 4.40. The summed E-state index contributed by atoms with van der Waals surface area (Å²) in [6.45, 7) is 2.99. The minimum Gasteiger partial charge on any atom is -0.323 e. The van der Waals surface area contributed by atoms with Crippen molar-refractivity contribution in [1.29, 1.82) is 0 Å². The van der Waals surface area contributed by atoms with E-state index < -0.39 is 0 Å². The molecule has 0 spiro atoms. The van der Waals surface area contributed by atoms with Crippen molar-refractivity contribution in [2.75, 3.05) is 19.4 Å². The lowest BCUT2D eigenvalue weighted by molar-refractivity contribution is 0.218. The predicted octanol–water partition coefficient (Wildman–Crippen LogP) is 2.58. The molecule has 0 saturated heterocycles. The molecular formula is C15H21N3O. The molecule has 1 fully saturated rings. The first-order chi connectivity index (χ1) is 9.10. The van der Waals surface area contributed by atoms with Gasteiger partial charge in [0.25, 0.3) is 0 Å². The summed E-state index contributed by atoms with van der Waals surface area (Å²) < 4.78 is 0. The molecule has 1 aliphatic heterocycles. The molecule has 102 valence electrons. The van der Waals surface area contributed by atoms with Crippen LogP contribution in [0.3, 0.4) is 0 Å². The smallest absolute Gasteiger partial charge is 0.321 e. The molecule has 0 bridgehead atoms. The Morgan fingerprint density at radius 1 is 1.47 bits per heavy atom. The van der Waals surface area contributed by atoms with Crippen LogP contribution in [0.25, 0.3) is 0 Å². The van der Waals surface area contributed by atoms with Crippen LogP contribution in [0.5, 0.6) is 0 Å². The number of fused-ring (bicyclic) bond motifs is 1. The third-order valence-corrected chi connectivity index (χ3v) is 4.40. The molecule has 3 rings (SSSR count). The number of anilines is 1. The maximum absolute atomic E-state index is 11.6. The largest absolute Gasteiger partial charge is 0.323 e. The Bertz CT molecular complexity index is 514. The number of benzene rings is 1. The Kier molecular flexibility index (Phi) is 2.97. The number of urea groups is 1. The zero-order valence-corrected chi connectivity index (χ0v) is 11.7. The molecule has 2 aliphatic rings. The highest BCUT2D eigenvalue weighted by atomic mass is 16.2. The minimum absolute atomic E-state index is 0.0266. The van der Waals surface area contributed by atoms with Crippen molar-refractivity contribution in [3.05, 3.63) is 29.3 Å². The second-order valence-electron chi connectivity index (χ2n) is 5.85. The molecule has 1 saturated carbocycles. The fourth-order valence-corrected chi connectivity index (χ4v) is 3.04. The lowest BCUT2D eigenvalue weighted by atomic mass is 9.97. The van der Waals surface area contributed by atoms with Gasteiger partial charge < -0.3 is 15.5 Å². The molecule has 0 radical (unpaired) electrons. The number of hydrogen-bond donors (Lipinski definition) is 2. The Morgan fingerprint density at radius 3 is 2.84 bits per heavy atom. The van der Waals surface area contributed by atoms with Crippen molar-refractivity contribution in [3.63, 3.8) is 0 Å². The van der Waals surface area contributed by atoms with Gasteiger partial charge >= 0.3 is 6.03 Å². The van der Waals surface area contributed by atoms with Crippen LogP contribution >= 0.6 is 0 Å². The molecule has 1 aliphatic carbocycles. The van der Waals surface area contributed by atoms with E-state index in [1.54, 1.807) is 4.90 Å². The predicted molar refractivity (Wildman–Crippen MR) is 76.0 cm³/mol. The molecular weight excluding hydrogens is 238 g/mol. The fraction of sp³-hybridized carbons (Fsp3) is 0.533. The summed E-state index contributed by atoms with van der Waals surface area (Å²) >= 11 is 0. The minimum atomic E-state index is -0.0266. The van der Waals surface area contributed by atoms with Crippen LogP contribution in [0.2, 0.25) is 0 Å². The molecule has 1 heterocycles. The summed E-state index contributed by atoms with van der Waals surface area (Å²) in [6.07, 6.45) is 1.30. The van der Waals surface area contributed by atoms with E-state index in [1.807, 2.05) is 20.2 Å². The van der Waals surface area contributed by atoms with Gasteiger partial charge in [-0.3, -0.25) is 0 Å². The maximum atomic E-state index is 11.6. The summed E-state index contributed by atoms with van der Waals surface area (Å²) in [5.74, 6) is 1.56. The Hall–Kier alpha value is -1.55. The molecule has 4 nitrogen and oxygen atoms in total. The van der Waals surface area contributed by atoms with Gasteiger partial charge in [-0.15, -0.1) is 0 Å². The fourth-order valence-electron chi connectivity index (χ4n) is 3.04. The average molecular weight is 259 g/mol. The van der Waals surface area contributed by atoms with Crippen molar-refractivity contribution >= 4 is 11.7 Å². The third kappa shape index (κ3) is 2.21. The van der Waals surface area contributed by atoms with Crippen LogP contribution in [0.15, 0.2) is 18.2 Å². The molecule has 3 unspecified atom stereocenters. The van der Waals surface area contributed by atoms with Gasteiger partial charge in [-0.05, 0) is 42.5 Å². The first-order valence-electron chi connectivity index (χ1n) is 6.92. The average Bonchev–Trinajstić information content (AvgIpc) is 3.09. The first-order valence-corrected chi connectivity index (χ1v) is 6.92. The van der Waals surface area contributed by atoms with Crippen LogP contribution in [-0.4, -0.2) is 25.0 Å². The zero-order valence-electron chi connectivity index (χ0n) is 11.7. The SMILES string of the molecule is CNC(c1ccc2c(c1)CN(C)C(=O)N2)C1CC1C. The van der Waals surface area contributed by atoms with E-state index in [9.17, 15) is 4.79 Å². The van der Waals surface area contributed by atoms with E-state index >= 15 is 0 Å². The number of carbonyl (C=O) groups excluding carboxylic acids is 1. The van der Waals surface area contributed by atoms with Crippen molar-refractivity contribution in [2.45, 2.75) is 25.9 Å². The second-order valence-corrected chi connectivity index (χ2v) is 5.85. The summed E-state index contributed by atoms with van der Waals surface area (Å²) in [4.78, 5) is 13.3. The Labute approximate surface area is 114 Å². The maximum Gasteiger partial charge on any atom is 0.321 e. The quantitative estimate of drug-likeness (QED) is 0.876. The zero-order chi connectivity index (χ0) is 13.6. The highest BCUT2D eigenvalue weighted by Gasteiger charge is 2.39. The highest BCUT2D eigenvalue weighted by molar-refractivity contribution is 5.92. The summed E-state index contributed by atoms with van der Waals surface area (Å²) in [6, 6.07) is 6.81. The number of rotatable bonds is 3. The van der Waals surface area contributed by atoms with Gasteiger partial charge in [0.2, 0.25) is 0 Å². The van der Waals surface area contributed by atoms with Gasteiger partial charge in [-0.25, -0.2) is 4.79 Å². The number of nitrogens with zero attached hydrogens (tertiary/aromatic N) is 1. The molecule has 19 heavy (non-hydrogen) atoms. The van der Waals surface area contributed by atoms with Gasteiger partial charge in [-0.1, -0.05) is 19.1 Å². The van der Waals surface area contributed by atoms with Crippen LogP contribution in [-0.2, 0) is 6.54 Å².